The van der Waals surface area contributed by atoms with E-state index in [0.29, 0.717) is 16.3 Å². The molecule has 0 saturated carbocycles. The lowest BCUT2D eigenvalue weighted by atomic mass is 10.0. The van der Waals surface area contributed by atoms with Gasteiger partial charge in [0, 0.05) is 35.2 Å². The first kappa shape index (κ1) is 14.5. The van der Waals surface area contributed by atoms with Crippen molar-refractivity contribution in [2.45, 2.75) is 6.04 Å². The zero-order chi connectivity index (χ0) is 13.8. The average molecular weight is 302 g/mol. The lowest BCUT2D eigenvalue weighted by Crippen LogP contribution is -2.40. The van der Waals surface area contributed by atoms with Crippen molar-refractivity contribution in [2.24, 2.45) is 0 Å². The molecule has 0 unspecified atom stereocenters. The highest BCUT2D eigenvalue weighted by Crippen LogP contribution is 2.33. The number of carbonyl (C=O) groups is 1. The maximum atomic E-state index is 11.6. The molecule has 1 aromatic carbocycles. The third-order valence-corrected chi connectivity index (χ3v) is 4.31. The predicted molar refractivity (Wildman–Crippen MR) is 77.3 cm³/mol. The van der Waals surface area contributed by atoms with E-state index in [9.17, 15) is 9.90 Å². The number of methoxy groups -OCH3 is 1. The van der Waals surface area contributed by atoms with Crippen molar-refractivity contribution in [3.8, 4) is 5.75 Å². The Hall–Kier alpha value is -0.910. The molecule has 6 heteroatoms. The number of ether oxygens (including phenoxy) is 1. The molecular formula is C13H16ClNO3S. The second-order valence-corrected chi connectivity index (χ2v) is 5.94. The van der Waals surface area contributed by atoms with Gasteiger partial charge >= 0.3 is 5.97 Å². The van der Waals surface area contributed by atoms with Crippen LogP contribution in [0.25, 0.3) is 0 Å². The molecule has 104 valence electrons. The SMILES string of the molecule is COc1ccc(Cl)cc1[C@H](C(=O)O)N1CCSCC1. The minimum Gasteiger partial charge on any atom is -0.496 e. The molecule has 4 nitrogen and oxygen atoms in total. The first-order valence-electron chi connectivity index (χ1n) is 6.01. The van der Waals surface area contributed by atoms with Gasteiger partial charge in [0.05, 0.1) is 7.11 Å². The molecule has 1 aliphatic heterocycles. The van der Waals surface area contributed by atoms with Crippen molar-refractivity contribution in [2.75, 3.05) is 31.7 Å². The van der Waals surface area contributed by atoms with E-state index < -0.39 is 12.0 Å². The van der Waals surface area contributed by atoms with Crippen molar-refractivity contribution in [3.05, 3.63) is 28.8 Å². The third kappa shape index (κ3) is 3.35. The maximum absolute atomic E-state index is 11.6. The van der Waals surface area contributed by atoms with Gasteiger partial charge in [-0.1, -0.05) is 11.6 Å². The Bertz CT molecular complexity index is 463. The van der Waals surface area contributed by atoms with Crippen LogP contribution in [-0.2, 0) is 4.79 Å². The zero-order valence-electron chi connectivity index (χ0n) is 10.6. The fraction of sp³-hybridized carbons (Fsp3) is 0.462. The van der Waals surface area contributed by atoms with Crippen LogP contribution in [0.15, 0.2) is 18.2 Å². The largest absolute Gasteiger partial charge is 0.496 e. The summed E-state index contributed by atoms with van der Waals surface area (Å²) in [5.41, 5.74) is 0.620. The molecule has 1 fully saturated rings. The number of thioether (sulfide) groups is 1. The number of aliphatic carboxylic acids is 1. The first-order chi connectivity index (χ1) is 9.13. The van der Waals surface area contributed by atoms with E-state index in [1.54, 1.807) is 18.2 Å². The summed E-state index contributed by atoms with van der Waals surface area (Å²) in [5.74, 6) is 1.60. The highest BCUT2D eigenvalue weighted by molar-refractivity contribution is 7.99. The van der Waals surface area contributed by atoms with E-state index in [0.717, 1.165) is 24.6 Å². The molecule has 1 heterocycles. The van der Waals surface area contributed by atoms with Gasteiger partial charge < -0.3 is 9.84 Å². The molecule has 0 amide bonds. The summed E-state index contributed by atoms with van der Waals surface area (Å²) in [6.07, 6.45) is 0. The number of hydrogen-bond acceptors (Lipinski definition) is 4. The molecule has 1 aliphatic rings. The molecule has 0 radical (unpaired) electrons. The summed E-state index contributed by atoms with van der Waals surface area (Å²) < 4.78 is 5.27. The quantitative estimate of drug-likeness (QED) is 0.926. The first-order valence-corrected chi connectivity index (χ1v) is 7.55. The van der Waals surface area contributed by atoms with Crippen molar-refractivity contribution in [1.82, 2.24) is 4.90 Å². The zero-order valence-corrected chi connectivity index (χ0v) is 12.2. The minimum atomic E-state index is -0.868. The van der Waals surface area contributed by atoms with Crippen molar-refractivity contribution >= 4 is 29.3 Å². The van der Waals surface area contributed by atoms with Crippen LogP contribution in [0.4, 0.5) is 0 Å². The molecule has 0 bridgehead atoms. The Morgan fingerprint density at radius 2 is 2.16 bits per heavy atom. The van der Waals surface area contributed by atoms with E-state index in [2.05, 4.69) is 0 Å². The molecule has 1 saturated heterocycles. The van der Waals surface area contributed by atoms with E-state index in [-0.39, 0.29) is 0 Å². The van der Waals surface area contributed by atoms with Gasteiger partial charge in [-0.25, -0.2) is 0 Å². The number of nitrogens with zero attached hydrogens (tertiary/aromatic N) is 1. The number of hydrogen-bond donors (Lipinski definition) is 1. The van der Waals surface area contributed by atoms with Crippen LogP contribution in [0.5, 0.6) is 5.75 Å². The monoisotopic (exact) mass is 301 g/mol. The predicted octanol–water partition coefficient (Wildman–Crippen LogP) is 2.52. The highest BCUT2D eigenvalue weighted by atomic mass is 35.5. The van der Waals surface area contributed by atoms with Crippen LogP contribution < -0.4 is 4.74 Å². The second kappa shape index (κ2) is 6.50. The summed E-state index contributed by atoms with van der Waals surface area (Å²) in [6.45, 7) is 1.52. The summed E-state index contributed by atoms with van der Waals surface area (Å²) >= 11 is 7.83. The maximum Gasteiger partial charge on any atom is 0.325 e. The van der Waals surface area contributed by atoms with E-state index in [4.69, 9.17) is 16.3 Å². The van der Waals surface area contributed by atoms with Crippen LogP contribution in [0.2, 0.25) is 5.02 Å². The number of carboxylic acids is 1. The highest BCUT2D eigenvalue weighted by Gasteiger charge is 2.31. The molecule has 19 heavy (non-hydrogen) atoms. The fourth-order valence-corrected chi connectivity index (χ4v) is 3.35. The number of carboxylic acid groups (broad SMARTS) is 1. The van der Waals surface area contributed by atoms with Crippen LogP contribution in [0.3, 0.4) is 0 Å². The lowest BCUT2D eigenvalue weighted by Gasteiger charge is -2.32. The number of rotatable bonds is 4. The van der Waals surface area contributed by atoms with Gasteiger partial charge in [0.2, 0.25) is 0 Å². The summed E-state index contributed by atoms with van der Waals surface area (Å²) in [5, 5.41) is 10.1. The fourth-order valence-electron chi connectivity index (χ4n) is 2.24. The number of halogens is 1. The van der Waals surface area contributed by atoms with Gasteiger partial charge in [0.15, 0.2) is 0 Å². The van der Waals surface area contributed by atoms with Crippen LogP contribution in [0, 0.1) is 0 Å². The third-order valence-electron chi connectivity index (χ3n) is 3.13. The Morgan fingerprint density at radius 1 is 1.47 bits per heavy atom. The van der Waals surface area contributed by atoms with Gasteiger partial charge in [-0.3, -0.25) is 9.69 Å². The van der Waals surface area contributed by atoms with Gasteiger partial charge in [0.25, 0.3) is 0 Å². The van der Waals surface area contributed by atoms with Gasteiger partial charge in [-0.05, 0) is 18.2 Å². The molecule has 0 spiro atoms. The minimum absolute atomic E-state index is 0.522. The van der Waals surface area contributed by atoms with Gasteiger partial charge in [0.1, 0.15) is 11.8 Å². The number of benzene rings is 1. The van der Waals surface area contributed by atoms with Crippen LogP contribution in [0.1, 0.15) is 11.6 Å². The summed E-state index contributed by atoms with van der Waals surface area (Å²) in [4.78, 5) is 13.6. The van der Waals surface area contributed by atoms with E-state index in [1.165, 1.54) is 7.11 Å². The Kier molecular flexibility index (Phi) is 4.96. The second-order valence-electron chi connectivity index (χ2n) is 4.28. The molecule has 1 aromatic rings. The summed E-state index contributed by atoms with van der Waals surface area (Å²) in [6, 6.07) is 4.40. The van der Waals surface area contributed by atoms with E-state index >= 15 is 0 Å². The molecule has 0 aliphatic carbocycles. The van der Waals surface area contributed by atoms with Crippen LogP contribution >= 0.6 is 23.4 Å². The smallest absolute Gasteiger partial charge is 0.325 e. The molecule has 0 aromatic heterocycles. The summed E-state index contributed by atoms with van der Waals surface area (Å²) in [7, 11) is 1.54. The molecule has 1 atom stereocenters. The Labute approximate surface area is 121 Å². The van der Waals surface area contributed by atoms with E-state index in [1.807, 2.05) is 16.7 Å². The topological polar surface area (TPSA) is 49.8 Å². The average Bonchev–Trinajstić information content (AvgIpc) is 2.40. The van der Waals surface area contributed by atoms with Crippen LogP contribution in [-0.4, -0.2) is 47.7 Å². The Balaban J connectivity index is 2.37. The molecule has 1 N–H and O–H groups in total. The van der Waals surface area contributed by atoms with Gasteiger partial charge in [-0.2, -0.15) is 11.8 Å². The normalized spacial score (nSPS) is 18.0. The standard InChI is InChI=1S/C13H16ClNO3S/c1-18-11-3-2-9(14)8-10(11)12(13(16)17)15-4-6-19-7-5-15/h2-3,8,12H,4-7H2,1H3,(H,16,17)/t12-/m1/s1. The van der Waals surface area contributed by atoms with Gasteiger partial charge in [-0.15, -0.1) is 0 Å². The van der Waals surface area contributed by atoms with Crippen molar-refractivity contribution in [3.63, 3.8) is 0 Å². The lowest BCUT2D eigenvalue weighted by molar-refractivity contribution is -0.143. The van der Waals surface area contributed by atoms with Crippen molar-refractivity contribution in [1.29, 1.82) is 0 Å². The molecule has 2 rings (SSSR count). The van der Waals surface area contributed by atoms with Crippen molar-refractivity contribution < 1.29 is 14.6 Å². The Morgan fingerprint density at radius 3 is 2.74 bits per heavy atom. The molecular weight excluding hydrogens is 286 g/mol.